The summed E-state index contributed by atoms with van der Waals surface area (Å²) in [5.41, 5.74) is -0.158. The molecule has 1 atom stereocenters. The second-order valence-corrected chi connectivity index (χ2v) is 9.32. The number of nitrogens with zero attached hydrogens (tertiary/aromatic N) is 1. The largest absolute Gasteiger partial charge is 0.497 e. The van der Waals surface area contributed by atoms with E-state index in [9.17, 15) is 5.11 Å². The maximum Gasteiger partial charge on any atom is 0.173 e. The molecule has 3 heterocycles. The van der Waals surface area contributed by atoms with E-state index in [1.807, 2.05) is 72.8 Å². The van der Waals surface area contributed by atoms with Gasteiger partial charge in [-0.1, -0.05) is 24.3 Å². The molecule has 1 fully saturated rings. The van der Waals surface area contributed by atoms with Crippen LogP contribution in [0.3, 0.4) is 0 Å². The molecule has 0 radical (unpaired) electrons. The van der Waals surface area contributed by atoms with Crippen LogP contribution in [0.2, 0.25) is 0 Å². The molecule has 1 aliphatic heterocycles. The van der Waals surface area contributed by atoms with Crippen LogP contribution in [0.1, 0.15) is 41.2 Å². The predicted octanol–water partition coefficient (Wildman–Crippen LogP) is 5.36. The van der Waals surface area contributed by atoms with Gasteiger partial charge in [0.2, 0.25) is 0 Å². The first-order valence-electron chi connectivity index (χ1n) is 12.6. The van der Waals surface area contributed by atoms with E-state index in [-0.39, 0.29) is 6.10 Å². The van der Waals surface area contributed by atoms with Crippen molar-refractivity contribution in [2.45, 2.75) is 37.6 Å². The lowest BCUT2D eigenvalue weighted by Gasteiger charge is -2.28. The summed E-state index contributed by atoms with van der Waals surface area (Å²) < 4.78 is 28.5. The molecular formula is C30H33NO6. The number of hydrogen-bond acceptors (Lipinski definition) is 7. The highest BCUT2D eigenvalue weighted by atomic mass is 16.5. The van der Waals surface area contributed by atoms with Gasteiger partial charge in [0.25, 0.3) is 0 Å². The smallest absolute Gasteiger partial charge is 0.173 e. The van der Waals surface area contributed by atoms with Crippen LogP contribution in [-0.2, 0) is 23.4 Å². The predicted molar refractivity (Wildman–Crippen MR) is 139 cm³/mol. The average Bonchev–Trinajstić information content (AvgIpc) is 3.73. The molecule has 1 N–H and O–H groups in total. The van der Waals surface area contributed by atoms with Crippen molar-refractivity contribution in [3.05, 3.63) is 107 Å². The zero-order valence-electron chi connectivity index (χ0n) is 21.3. The summed E-state index contributed by atoms with van der Waals surface area (Å²) in [5.74, 6) is 3.50. The summed E-state index contributed by atoms with van der Waals surface area (Å²) in [7, 11) is 3.24. The van der Waals surface area contributed by atoms with Crippen LogP contribution in [0.5, 0.6) is 11.5 Å². The van der Waals surface area contributed by atoms with E-state index in [0.717, 1.165) is 37.5 Å². The number of aliphatic hydroxyl groups is 1. The number of benzene rings is 2. The number of hydrogen-bond donors (Lipinski definition) is 1. The van der Waals surface area contributed by atoms with E-state index in [4.69, 9.17) is 23.0 Å². The van der Waals surface area contributed by atoms with Crippen molar-refractivity contribution in [3.8, 4) is 11.5 Å². The molecule has 2 aromatic heterocycles. The van der Waals surface area contributed by atoms with Crippen LogP contribution in [0.25, 0.3) is 0 Å². The number of ether oxygens (including phenoxy) is 3. The second-order valence-electron chi connectivity index (χ2n) is 9.32. The van der Waals surface area contributed by atoms with Gasteiger partial charge >= 0.3 is 0 Å². The van der Waals surface area contributed by atoms with Gasteiger partial charge in [-0.05, 0) is 72.5 Å². The Morgan fingerprint density at radius 1 is 0.865 bits per heavy atom. The van der Waals surface area contributed by atoms with E-state index in [1.165, 1.54) is 0 Å². The Morgan fingerprint density at radius 2 is 1.51 bits per heavy atom. The molecule has 1 saturated heterocycles. The summed E-state index contributed by atoms with van der Waals surface area (Å²) in [4.78, 5) is 2.26. The Morgan fingerprint density at radius 3 is 2.05 bits per heavy atom. The molecular weight excluding hydrogens is 470 g/mol. The van der Waals surface area contributed by atoms with Crippen molar-refractivity contribution >= 4 is 0 Å². The zero-order chi connectivity index (χ0) is 25.7. The minimum atomic E-state index is -1.50. The fourth-order valence-corrected chi connectivity index (χ4v) is 4.88. The molecule has 0 spiro atoms. The first-order chi connectivity index (χ1) is 18.1. The van der Waals surface area contributed by atoms with Gasteiger partial charge in [0.1, 0.15) is 28.8 Å². The molecule has 1 aliphatic rings. The first-order valence-corrected chi connectivity index (χ1v) is 12.6. The van der Waals surface area contributed by atoms with Crippen molar-refractivity contribution < 1.29 is 28.2 Å². The Bertz CT molecular complexity index is 1190. The number of rotatable bonds is 11. The van der Waals surface area contributed by atoms with E-state index < -0.39 is 5.60 Å². The van der Waals surface area contributed by atoms with Crippen molar-refractivity contribution in [2.24, 2.45) is 0 Å². The molecule has 0 aliphatic carbocycles. The van der Waals surface area contributed by atoms with Crippen LogP contribution in [0, 0.1) is 0 Å². The maximum absolute atomic E-state index is 12.2. The monoisotopic (exact) mass is 503 g/mol. The van der Waals surface area contributed by atoms with Gasteiger partial charge < -0.3 is 28.2 Å². The molecule has 5 rings (SSSR count). The van der Waals surface area contributed by atoms with Gasteiger partial charge in [-0.15, -0.1) is 0 Å². The van der Waals surface area contributed by atoms with E-state index in [0.29, 0.717) is 41.5 Å². The third kappa shape index (κ3) is 5.59. The Labute approximate surface area is 217 Å². The highest BCUT2D eigenvalue weighted by molar-refractivity contribution is 5.46. The van der Waals surface area contributed by atoms with Gasteiger partial charge in [0.05, 0.1) is 39.7 Å². The summed E-state index contributed by atoms with van der Waals surface area (Å²) in [5, 5.41) is 12.2. The Hall–Kier alpha value is -3.52. The molecule has 37 heavy (non-hydrogen) atoms. The fourth-order valence-electron chi connectivity index (χ4n) is 4.88. The van der Waals surface area contributed by atoms with Crippen molar-refractivity contribution in [1.29, 1.82) is 0 Å². The van der Waals surface area contributed by atoms with E-state index in [2.05, 4.69) is 4.90 Å². The molecule has 0 unspecified atom stereocenters. The highest BCUT2D eigenvalue weighted by Crippen LogP contribution is 2.39. The van der Waals surface area contributed by atoms with Gasteiger partial charge in [-0.25, -0.2) is 0 Å². The minimum absolute atomic E-state index is 0.194. The first kappa shape index (κ1) is 25.1. The lowest BCUT2D eigenvalue weighted by atomic mass is 9.84. The topological polar surface area (TPSA) is 77.4 Å². The lowest BCUT2D eigenvalue weighted by molar-refractivity contribution is 0.0606. The summed E-state index contributed by atoms with van der Waals surface area (Å²) in [6.45, 7) is 2.78. The standard InChI is InChI=1S/C30H33NO6/c1-33-24-11-7-22(8-12-24)30(32,23-9-13-25(34-2)14-10-23)29-16-15-28(37-29)21-31(19-26-5-3-17-35-26)20-27-6-4-18-36-27/h3,5,7-17,27,32H,4,6,18-21H2,1-2H3/t27-/m1/s1. The van der Waals surface area contributed by atoms with Gasteiger partial charge in [0, 0.05) is 13.2 Å². The highest BCUT2D eigenvalue weighted by Gasteiger charge is 2.37. The van der Waals surface area contributed by atoms with E-state index in [1.54, 1.807) is 20.5 Å². The van der Waals surface area contributed by atoms with Crippen molar-refractivity contribution in [3.63, 3.8) is 0 Å². The van der Waals surface area contributed by atoms with Gasteiger partial charge in [-0.3, -0.25) is 4.90 Å². The Kier molecular flexibility index (Phi) is 7.65. The molecule has 194 valence electrons. The van der Waals surface area contributed by atoms with Crippen molar-refractivity contribution in [2.75, 3.05) is 27.4 Å². The van der Waals surface area contributed by atoms with Crippen LogP contribution in [0.4, 0.5) is 0 Å². The van der Waals surface area contributed by atoms with E-state index >= 15 is 0 Å². The summed E-state index contributed by atoms with van der Waals surface area (Å²) >= 11 is 0. The van der Waals surface area contributed by atoms with Crippen LogP contribution >= 0.6 is 0 Å². The lowest BCUT2D eigenvalue weighted by Crippen LogP contribution is -2.31. The average molecular weight is 504 g/mol. The molecule has 2 aromatic carbocycles. The zero-order valence-corrected chi connectivity index (χ0v) is 21.3. The maximum atomic E-state index is 12.2. The molecule has 0 amide bonds. The fraction of sp³-hybridized carbons (Fsp3) is 0.333. The van der Waals surface area contributed by atoms with Crippen molar-refractivity contribution in [1.82, 2.24) is 4.90 Å². The minimum Gasteiger partial charge on any atom is -0.497 e. The van der Waals surface area contributed by atoms with Gasteiger partial charge in [0.15, 0.2) is 5.60 Å². The van der Waals surface area contributed by atoms with Crippen LogP contribution < -0.4 is 9.47 Å². The number of methoxy groups -OCH3 is 2. The molecule has 7 nitrogen and oxygen atoms in total. The molecule has 7 heteroatoms. The second kappa shape index (κ2) is 11.3. The quantitative estimate of drug-likeness (QED) is 0.295. The van der Waals surface area contributed by atoms with Crippen LogP contribution in [0.15, 0.2) is 87.9 Å². The normalized spacial score (nSPS) is 15.8. The molecule has 4 aromatic rings. The third-order valence-electron chi connectivity index (χ3n) is 6.86. The van der Waals surface area contributed by atoms with Gasteiger partial charge in [-0.2, -0.15) is 0 Å². The Balaban J connectivity index is 1.45. The molecule has 0 saturated carbocycles. The summed E-state index contributed by atoms with van der Waals surface area (Å²) in [6.07, 6.45) is 4.02. The van der Waals surface area contributed by atoms with Crippen LogP contribution in [-0.4, -0.2) is 43.5 Å². The molecule has 0 bridgehead atoms. The SMILES string of the molecule is COc1ccc(C(O)(c2ccc(OC)cc2)c2ccc(CN(Cc3ccco3)C[C@H]3CCCO3)o2)cc1. The summed E-state index contributed by atoms with van der Waals surface area (Å²) in [6, 6.07) is 22.4. The third-order valence-corrected chi connectivity index (χ3v) is 6.86. The number of furan rings is 2.